The minimum absolute atomic E-state index is 0.258. The lowest BCUT2D eigenvalue weighted by Gasteiger charge is -2.22. The fraction of sp³-hybridized carbons (Fsp3) is 0.273. The molecule has 0 bridgehead atoms. The summed E-state index contributed by atoms with van der Waals surface area (Å²) >= 11 is 0. The van der Waals surface area contributed by atoms with Crippen LogP contribution in [-0.4, -0.2) is 38.4 Å². The first-order valence-electron chi connectivity index (χ1n) is 9.29. The van der Waals surface area contributed by atoms with Crippen LogP contribution in [0.2, 0.25) is 0 Å². The van der Waals surface area contributed by atoms with Crippen LogP contribution in [0.4, 0.5) is 0 Å². The Bertz CT molecular complexity index is 1080. The van der Waals surface area contributed by atoms with Crippen LogP contribution in [0.5, 0.6) is 28.9 Å². The van der Waals surface area contributed by atoms with Gasteiger partial charge in [-0.1, -0.05) is 12.1 Å². The zero-order valence-corrected chi connectivity index (χ0v) is 17.1. The highest BCUT2D eigenvalue weighted by Crippen LogP contribution is 2.51. The highest BCUT2D eigenvalue weighted by Gasteiger charge is 2.39. The highest BCUT2D eigenvalue weighted by atomic mass is 16.5. The van der Waals surface area contributed by atoms with Crippen LogP contribution < -0.4 is 29.4 Å². The summed E-state index contributed by atoms with van der Waals surface area (Å²) in [5.74, 6) is 2.45. The second-order valence-corrected chi connectivity index (χ2v) is 6.72. The molecule has 0 aliphatic carbocycles. The zero-order valence-electron chi connectivity index (χ0n) is 17.1. The summed E-state index contributed by atoms with van der Waals surface area (Å²) in [6.45, 7) is 0. The van der Waals surface area contributed by atoms with Crippen molar-refractivity contribution in [3.8, 4) is 28.9 Å². The lowest BCUT2D eigenvalue weighted by Crippen LogP contribution is -2.12. The molecule has 0 spiro atoms. The van der Waals surface area contributed by atoms with E-state index in [1.54, 1.807) is 34.6 Å². The van der Waals surface area contributed by atoms with Crippen molar-refractivity contribution in [2.45, 2.75) is 12.0 Å². The van der Waals surface area contributed by atoms with Gasteiger partial charge in [0.05, 0.1) is 34.4 Å². The van der Waals surface area contributed by atoms with Gasteiger partial charge in [-0.2, -0.15) is 0 Å². The molecule has 30 heavy (non-hydrogen) atoms. The number of hydrogen-bond donors (Lipinski definition) is 1. The number of benzene rings is 2. The summed E-state index contributed by atoms with van der Waals surface area (Å²) in [5.41, 5.74) is 2.10. The van der Waals surface area contributed by atoms with Gasteiger partial charge in [-0.25, -0.2) is 9.78 Å². The number of fused-ring (bicyclic) bond motifs is 1. The van der Waals surface area contributed by atoms with E-state index in [9.17, 15) is 4.79 Å². The van der Waals surface area contributed by atoms with Gasteiger partial charge in [-0.3, -0.25) is 4.98 Å². The van der Waals surface area contributed by atoms with Crippen molar-refractivity contribution in [1.29, 1.82) is 0 Å². The molecule has 1 aliphatic rings. The lowest BCUT2D eigenvalue weighted by molar-refractivity contribution is 0.214. The Labute approximate surface area is 173 Å². The van der Waals surface area contributed by atoms with E-state index in [4.69, 9.17) is 23.7 Å². The molecule has 2 heterocycles. The second kappa shape index (κ2) is 7.98. The normalized spacial score (nSPS) is 17.1. The van der Waals surface area contributed by atoms with E-state index in [1.165, 1.54) is 0 Å². The average molecular weight is 410 g/mol. The summed E-state index contributed by atoms with van der Waals surface area (Å²) in [6, 6.07) is 11.4. The van der Waals surface area contributed by atoms with Crippen LogP contribution in [0.1, 0.15) is 28.7 Å². The topological polar surface area (TPSA) is 91.9 Å². The first-order chi connectivity index (χ1) is 14.6. The molecular formula is C22H22N2O6. The monoisotopic (exact) mass is 410 g/mol. The van der Waals surface area contributed by atoms with Gasteiger partial charge in [-0.05, 0) is 35.4 Å². The van der Waals surface area contributed by atoms with Gasteiger partial charge >= 0.3 is 5.69 Å². The fourth-order valence-electron chi connectivity index (χ4n) is 3.75. The second-order valence-electron chi connectivity index (χ2n) is 6.72. The molecule has 8 heteroatoms. The van der Waals surface area contributed by atoms with Crippen molar-refractivity contribution >= 4 is 0 Å². The average Bonchev–Trinajstić information content (AvgIpc) is 3.16. The summed E-state index contributed by atoms with van der Waals surface area (Å²) in [5, 5.41) is 0. The van der Waals surface area contributed by atoms with Crippen molar-refractivity contribution in [3.63, 3.8) is 0 Å². The van der Waals surface area contributed by atoms with E-state index >= 15 is 0 Å². The Morgan fingerprint density at radius 1 is 0.900 bits per heavy atom. The van der Waals surface area contributed by atoms with Gasteiger partial charge in [0.2, 0.25) is 11.6 Å². The lowest BCUT2D eigenvalue weighted by atomic mass is 9.86. The van der Waals surface area contributed by atoms with E-state index in [0.717, 1.165) is 22.4 Å². The third-order valence-corrected chi connectivity index (χ3v) is 5.18. The Morgan fingerprint density at radius 3 is 2.13 bits per heavy atom. The number of nitrogens with one attached hydrogen (secondary N) is 1. The van der Waals surface area contributed by atoms with Crippen molar-refractivity contribution in [3.05, 3.63) is 69.8 Å². The number of ether oxygens (including phenoxy) is 5. The van der Waals surface area contributed by atoms with Crippen LogP contribution >= 0.6 is 0 Å². The van der Waals surface area contributed by atoms with E-state index < -0.39 is 11.8 Å². The van der Waals surface area contributed by atoms with Crippen molar-refractivity contribution < 1.29 is 23.7 Å². The minimum Gasteiger partial charge on any atom is -0.497 e. The Balaban J connectivity index is 1.88. The maximum atomic E-state index is 11.8. The predicted molar refractivity (Wildman–Crippen MR) is 109 cm³/mol. The number of aromatic nitrogens is 2. The standard InChI is InChI=1S/C22H22N2O6/c1-26-14-7-5-12(6-8-14)19-18(15-11-23-22(25)24-21(15)30-19)13-9-16(27-2)20(29-4)17(10-13)28-3/h5-11,18-19H,1-4H3,(H,23,24,25). The number of rotatable bonds is 6. The minimum atomic E-state index is -0.465. The summed E-state index contributed by atoms with van der Waals surface area (Å²) in [6.07, 6.45) is 1.15. The quantitative estimate of drug-likeness (QED) is 0.668. The van der Waals surface area contributed by atoms with E-state index in [-0.39, 0.29) is 5.92 Å². The Kier molecular flexibility index (Phi) is 5.22. The molecule has 156 valence electrons. The van der Waals surface area contributed by atoms with E-state index in [0.29, 0.717) is 23.1 Å². The molecule has 1 N–H and O–H groups in total. The maximum absolute atomic E-state index is 11.8. The van der Waals surface area contributed by atoms with Crippen molar-refractivity contribution in [2.75, 3.05) is 28.4 Å². The summed E-state index contributed by atoms with van der Waals surface area (Å²) in [4.78, 5) is 18.4. The first-order valence-corrected chi connectivity index (χ1v) is 9.29. The van der Waals surface area contributed by atoms with Gasteiger partial charge in [0.1, 0.15) is 11.9 Å². The molecule has 0 saturated heterocycles. The summed E-state index contributed by atoms with van der Waals surface area (Å²) < 4.78 is 27.9. The Morgan fingerprint density at radius 2 is 1.57 bits per heavy atom. The molecule has 8 nitrogen and oxygen atoms in total. The van der Waals surface area contributed by atoms with Crippen LogP contribution in [0.3, 0.4) is 0 Å². The van der Waals surface area contributed by atoms with Crippen LogP contribution in [-0.2, 0) is 0 Å². The van der Waals surface area contributed by atoms with Gasteiger partial charge in [-0.15, -0.1) is 0 Å². The summed E-state index contributed by atoms with van der Waals surface area (Å²) in [7, 11) is 6.31. The highest BCUT2D eigenvalue weighted by molar-refractivity contribution is 5.57. The number of aromatic amines is 1. The number of H-pyrrole nitrogens is 1. The molecule has 0 fully saturated rings. The molecular weight excluding hydrogens is 388 g/mol. The molecule has 2 aromatic carbocycles. The largest absolute Gasteiger partial charge is 0.497 e. The van der Waals surface area contributed by atoms with Crippen LogP contribution in [0.15, 0.2) is 47.4 Å². The molecule has 0 saturated carbocycles. The number of nitrogens with zero attached hydrogens (tertiary/aromatic N) is 1. The predicted octanol–water partition coefficient (Wildman–Crippen LogP) is 3.07. The van der Waals surface area contributed by atoms with Gasteiger partial charge in [0.25, 0.3) is 0 Å². The molecule has 1 aromatic heterocycles. The van der Waals surface area contributed by atoms with E-state index in [2.05, 4.69) is 9.97 Å². The SMILES string of the molecule is COc1ccc(C2Oc3[nH]c(=O)ncc3C2c2cc(OC)c(OC)c(OC)c2)cc1. The van der Waals surface area contributed by atoms with Crippen LogP contribution in [0.25, 0.3) is 0 Å². The smallest absolute Gasteiger partial charge is 0.347 e. The van der Waals surface area contributed by atoms with Crippen molar-refractivity contribution in [2.24, 2.45) is 0 Å². The molecule has 0 radical (unpaired) electrons. The third kappa shape index (κ3) is 3.30. The molecule has 0 amide bonds. The van der Waals surface area contributed by atoms with Crippen LogP contribution in [0, 0.1) is 0 Å². The molecule has 2 atom stereocenters. The molecule has 2 unspecified atom stereocenters. The first kappa shape index (κ1) is 19.6. The molecule has 4 rings (SSSR count). The van der Waals surface area contributed by atoms with E-state index in [1.807, 2.05) is 36.4 Å². The fourth-order valence-corrected chi connectivity index (χ4v) is 3.75. The van der Waals surface area contributed by atoms with Gasteiger partial charge in [0.15, 0.2) is 11.5 Å². The molecule has 3 aromatic rings. The maximum Gasteiger partial charge on any atom is 0.347 e. The Hall–Kier alpha value is -3.68. The van der Waals surface area contributed by atoms with Gasteiger partial charge in [0, 0.05) is 11.8 Å². The number of hydrogen-bond acceptors (Lipinski definition) is 7. The zero-order chi connectivity index (χ0) is 21.3. The van der Waals surface area contributed by atoms with Crippen molar-refractivity contribution in [1.82, 2.24) is 9.97 Å². The number of methoxy groups -OCH3 is 4. The molecule has 1 aliphatic heterocycles. The third-order valence-electron chi connectivity index (χ3n) is 5.18. The van der Waals surface area contributed by atoms with Gasteiger partial charge < -0.3 is 23.7 Å².